The van der Waals surface area contributed by atoms with Crippen molar-refractivity contribution in [1.29, 1.82) is 0 Å². The van der Waals surface area contributed by atoms with Gasteiger partial charge < -0.3 is 14.2 Å². The number of allylic oxidation sites excluding steroid dienone is 8. The first kappa shape index (κ1) is 76.4. The minimum Gasteiger partial charge on any atom is -0.462 e. The van der Waals surface area contributed by atoms with E-state index in [1.54, 1.807) is 0 Å². The number of rotatable bonds is 65. The van der Waals surface area contributed by atoms with Gasteiger partial charge in [0.05, 0.1) is 0 Å². The molecule has 0 radical (unpaired) electrons. The molecule has 0 amide bonds. The van der Waals surface area contributed by atoms with Crippen molar-refractivity contribution in [1.82, 2.24) is 0 Å². The lowest BCUT2D eigenvalue weighted by Gasteiger charge is -2.18. The van der Waals surface area contributed by atoms with Crippen LogP contribution in [0.4, 0.5) is 0 Å². The molecule has 0 N–H and O–H groups in total. The van der Waals surface area contributed by atoms with Crippen molar-refractivity contribution >= 4 is 17.9 Å². The zero-order chi connectivity index (χ0) is 57.1. The van der Waals surface area contributed by atoms with Gasteiger partial charge in [-0.3, -0.25) is 14.4 Å². The molecule has 0 aliphatic carbocycles. The number of esters is 3. The summed E-state index contributed by atoms with van der Waals surface area (Å²) in [6, 6.07) is 0. The maximum Gasteiger partial charge on any atom is 0.306 e. The monoisotopic (exact) mass is 1110 g/mol. The van der Waals surface area contributed by atoms with Crippen LogP contribution in [-0.2, 0) is 28.6 Å². The van der Waals surface area contributed by atoms with Crippen LogP contribution in [-0.4, -0.2) is 37.2 Å². The molecule has 0 spiro atoms. The predicted molar refractivity (Wildman–Crippen MR) is 344 cm³/mol. The van der Waals surface area contributed by atoms with E-state index in [9.17, 15) is 14.4 Å². The lowest BCUT2D eigenvalue weighted by atomic mass is 10.0. The van der Waals surface area contributed by atoms with Gasteiger partial charge in [0.2, 0.25) is 0 Å². The summed E-state index contributed by atoms with van der Waals surface area (Å²) < 4.78 is 16.8. The first-order valence-corrected chi connectivity index (χ1v) is 35.1. The number of unbranched alkanes of at least 4 members (excludes halogenated alkanes) is 46. The van der Waals surface area contributed by atoms with Crippen molar-refractivity contribution < 1.29 is 28.6 Å². The zero-order valence-electron chi connectivity index (χ0n) is 53.2. The molecule has 0 heterocycles. The Morgan fingerprint density at radius 3 is 0.772 bits per heavy atom. The lowest BCUT2D eigenvalue weighted by molar-refractivity contribution is -0.167. The molecule has 0 aromatic rings. The summed E-state index contributed by atoms with van der Waals surface area (Å²) in [5.41, 5.74) is 0. The molecule has 0 saturated heterocycles. The Kier molecular flexibility index (Phi) is 65.6. The third kappa shape index (κ3) is 66.1. The van der Waals surface area contributed by atoms with E-state index in [4.69, 9.17) is 14.2 Å². The molecule has 1 unspecified atom stereocenters. The molecule has 462 valence electrons. The quantitative estimate of drug-likeness (QED) is 0.0261. The van der Waals surface area contributed by atoms with Crippen molar-refractivity contribution in [2.45, 2.75) is 386 Å². The standard InChI is InChI=1S/C73H134O6/c1-4-7-10-13-15-17-19-21-23-25-27-29-31-33-35-36-38-39-41-43-45-47-49-51-53-55-57-60-63-66-72(75)78-69-70(68-77-71(74)65-62-59-12-9-6-3)79-73(76)67-64-61-58-56-54-52-50-48-46-44-42-40-37-34-32-30-28-26-24-22-20-18-16-14-11-8-5-2/h7,10,15,17,21,23,27,29,70H,4-6,8-9,11-14,16,18-20,22,24-26,28,30-69H2,1-3H3/b10-7-,17-15-,23-21-,29-27-. The van der Waals surface area contributed by atoms with Gasteiger partial charge in [0, 0.05) is 19.3 Å². The van der Waals surface area contributed by atoms with Crippen LogP contribution < -0.4 is 0 Å². The molecule has 0 rings (SSSR count). The smallest absolute Gasteiger partial charge is 0.306 e. The molecule has 79 heavy (non-hydrogen) atoms. The Bertz CT molecular complexity index is 1360. The fourth-order valence-electron chi connectivity index (χ4n) is 10.6. The highest BCUT2D eigenvalue weighted by atomic mass is 16.6. The number of carbonyl (C=O) groups excluding carboxylic acids is 3. The third-order valence-electron chi connectivity index (χ3n) is 15.8. The Labute approximate surface area is 492 Å². The van der Waals surface area contributed by atoms with Crippen molar-refractivity contribution in [3.05, 3.63) is 48.6 Å². The zero-order valence-corrected chi connectivity index (χ0v) is 53.2. The summed E-state index contributed by atoms with van der Waals surface area (Å²) in [5.74, 6) is -0.857. The lowest BCUT2D eigenvalue weighted by Crippen LogP contribution is -2.30. The molecule has 6 nitrogen and oxygen atoms in total. The van der Waals surface area contributed by atoms with Gasteiger partial charge in [-0.15, -0.1) is 0 Å². The number of ether oxygens (including phenoxy) is 3. The maximum absolute atomic E-state index is 12.9. The first-order chi connectivity index (χ1) is 39.0. The van der Waals surface area contributed by atoms with Gasteiger partial charge in [-0.05, 0) is 57.8 Å². The minimum absolute atomic E-state index is 0.0678. The summed E-state index contributed by atoms with van der Waals surface area (Å²) in [4.78, 5) is 38.0. The summed E-state index contributed by atoms with van der Waals surface area (Å²) in [5, 5.41) is 0. The SMILES string of the molecule is CC/C=C\C/C=C\C/C=C\C/C=C\CCCCCCCCCCCCCCCCCCC(=O)OCC(COC(=O)CCCCCCC)OC(=O)CCCCCCCCCCCCCCCCCCCCCCCCCCCCC. The van der Waals surface area contributed by atoms with E-state index in [0.29, 0.717) is 19.3 Å². The van der Waals surface area contributed by atoms with Gasteiger partial charge in [0.1, 0.15) is 13.2 Å². The van der Waals surface area contributed by atoms with Crippen LogP contribution in [0.25, 0.3) is 0 Å². The molecule has 0 aliphatic heterocycles. The second-order valence-corrected chi connectivity index (χ2v) is 23.8. The Morgan fingerprint density at radius 2 is 0.494 bits per heavy atom. The van der Waals surface area contributed by atoms with E-state index in [1.807, 2.05) is 0 Å². The molecule has 0 saturated carbocycles. The summed E-state index contributed by atoms with van der Waals surface area (Å²) >= 11 is 0. The molecule has 6 heteroatoms. The predicted octanol–water partition coefficient (Wildman–Crippen LogP) is 24.1. The molecular weight excluding hydrogens is 973 g/mol. The van der Waals surface area contributed by atoms with Crippen LogP contribution >= 0.6 is 0 Å². The van der Waals surface area contributed by atoms with E-state index in [0.717, 1.165) is 89.9 Å². The van der Waals surface area contributed by atoms with Crippen molar-refractivity contribution in [3.8, 4) is 0 Å². The minimum atomic E-state index is -0.766. The van der Waals surface area contributed by atoms with E-state index < -0.39 is 6.10 Å². The molecule has 1 atom stereocenters. The van der Waals surface area contributed by atoms with Crippen LogP contribution in [0.3, 0.4) is 0 Å². The average Bonchev–Trinajstić information content (AvgIpc) is 3.45. The highest BCUT2D eigenvalue weighted by Gasteiger charge is 2.19. The van der Waals surface area contributed by atoms with E-state index in [2.05, 4.69) is 69.4 Å². The van der Waals surface area contributed by atoms with Crippen LogP contribution in [0, 0.1) is 0 Å². The molecule has 0 aromatic heterocycles. The number of hydrogen-bond donors (Lipinski definition) is 0. The van der Waals surface area contributed by atoms with E-state index in [-0.39, 0.29) is 31.1 Å². The van der Waals surface area contributed by atoms with Gasteiger partial charge in [-0.1, -0.05) is 352 Å². The van der Waals surface area contributed by atoms with Crippen LogP contribution in [0.2, 0.25) is 0 Å². The van der Waals surface area contributed by atoms with E-state index in [1.165, 1.54) is 250 Å². The fraction of sp³-hybridized carbons (Fsp3) is 0.849. The molecule has 0 fully saturated rings. The third-order valence-corrected chi connectivity index (χ3v) is 15.8. The molecule has 0 bridgehead atoms. The van der Waals surface area contributed by atoms with E-state index >= 15 is 0 Å². The summed E-state index contributed by atoms with van der Waals surface area (Å²) in [7, 11) is 0. The second kappa shape index (κ2) is 67.9. The molecular formula is C73H134O6. The van der Waals surface area contributed by atoms with Crippen LogP contribution in [0.15, 0.2) is 48.6 Å². The Hall–Kier alpha value is -2.63. The normalized spacial score (nSPS) is 12.3. The van der Waals surface area contributed by atoms with Gasteiger partial charge in [0.25, 0.3) is 0 Å². The van der Waals surface area contributed by atoms with Gasteiger partial charge in [-0.25, -0.2) is 0 Å². The largest absolute Gasteiger partial charge is 0.462 e. The number of carbonyl (C=O) groups is 3. The van der Waals surface area contributed by atoms with Crippen LogP contribution in [0.1, 0.15) is 380 Å². The summed E-state index contributed by atoms with van der Waals surface area (Å²) in [6.07, 6.45) is 86.3. The molecule has 0 aliphatic rings. The van der Waals surface area contributed by atoms with Gasteiger partial charge in [0.15, 0.2) is 6.10 Å². The van der Waals surface area contributed by atoms with Gasteiger partial charge in [-0.2, -0.15) is 0 Å². The maximum atomic E-state index is 12.9. The highest BCUT2D eigenvalue weighted by molar-refractivity contribution is 5.71. The topological polar surface area (TPSA) is 78.9 Å². The van der Waals surface area contributed by atoms with Crippen molar-refractivity contribution in [2.24, 2.45) is 0 Å². The fourth-order valence-corrected chi connectivity index (χ4v) is 10.6. The second-order valence-electron chi connectivity index (χ2n) is 23.8. The van der Waals surface area contributed by atoms with Crippen molar-refractivity contribution in [2.75, 3.05) is 13.2 Å². The number of hydrogen-bond acceptors (Lipinski definition) is 6. The van der Waals surface area contributed by atoms with Crippen LogP contribution in [0.5, 0.6) is 0 Å². The summed E-state index contributed by atoms with van der Waals surface area (Å²) in [6.45, 7) is 6.51. The highest BCUT2D eigenvalue weighted by Crippen LogP contribution is 2.19. The molecule has 0 aromatic carbocycles. The average molecular weight is 1110 g/mol. The Balaban J connectivity index is 3.93. The van der Waals surface area contributed by atoms with Crippen molar-refractivity contribution in [3.63, 3.8) is 0 Å². The Morgan fingerprint density at radius 1 is 0.266 bits per heavy atom. The first-order valence-electron chi connectivity index (χ1n) is 35.1. The van der Waals surface area contributed by atoms with Gasteiger partial charge >= 0.3 is 17.9 Å².